The van der Waals surface area contributed by atoms with E-state index in [-0.39, 0.29) is 0 Å². The van der Waals surface area contributed by atoms with Gasteiger partial charge in [-0.25, -0.2) is 0 Å². The first kappa shape index (κ1) is 20.5. The molecule has 1 N–H and O–H groups in total. The van der Waals surface area contributed by atoms with E-state index in [9.17, 15) is 0 Å². The Balaban J connectivity index is 1.46. The summed E-state index contributed by atoms with van der Waals surface area (Å²) in [5, 5.41) is 9.63. The molecular formula is C30H26N2O2. The third kappa shape index (κ3) is 3.92. The van der Waals surface area contributed by atoms with E-state index in [1.54, 1.807) is 6.07 Å². The highest BCUT2D eigenvalue weighted by Gasteiger charge is 2.19. The first-order valence-electron chi connectivity index (χ1n) is 11.9. The van der Waals surface area contributed by atoms with Crippen LogP contribution in [0.4, 0.5) is 5.69 Å². The number of ether oxygens (including phenoxy) is 1. The van der Waals surface area contributed by atoms with Gasteiger partial charge in [0.25, 0.3) is 0 Å². The minimum Gasteiger partial charge on any atom is -0.457 e. The van der Waals surface area contributed by atoms with E-state index in [0.29, 0.717) is 5.36 Å². The van der Waals surface area contributed by atoms with Crippen molar-refractivity contribution in [1.82, 2.24) is 0 Å². The highest BCUT2D eigenvalue weighted by atomic mass is 16.5. The molecule has 168 valence electrons. The van der Waals surface area contributed by atoms with Crippen LogP contribution in [-0.2, 0) is 0 Å². The van der Waals surface area contributed by atoms with Crippen molar-refractivity contribution in [3.63, 3.8) is 0 Å². The van der Waals surface area contributed by atoms with Crippen LogP contribution in [0, 0.1) is 5.41 Å². The zero-order chi connectivity index (χ0) is 22.9. The summed E-state index contributed by atoms with van der Waals surface area (Å²) in [6.45, 7) is 2.18. The zero-order valence-electron chi connectivity index (χ0n) is 19.0. The van der Waals surface area contributed by atoms with E-state index in [0.717, 1.165) is 58.0 Å². The molecule has 0 amide bonds. The van der Waals surface area contributed by atoms with Crippen LogP contribution in [0.1, 0.15) is 19.3 Å². The Kier molecular flexibility index (Phi) is 5.27. The smallest absolute Gasteiger partial charge is 0.137 e. The van der Waals surface area contributed by atoms with E-state index in [4.69, 9.17) is 14.6 Å². The Morgan fingerprint density at radius 1 is 0.735 bits per heavy atom. The number of piperidine rings is 1. The summed E-state index contributed by atoms with van der Waals surface area (Å²) in [6.07, 6.45) is 3.77. The summed E-state index contributed by atoms with van der Waals surface area (Å²) in [4.78, 5) is 2.44. The number of para-hydroxylation sites is 1. The van der Waals surface area contributed by atoms with Gasteiger partial charge in [0.2, 0.25) is 0 Å². The van der Waals surface area contributed by atoms with Crippen molar-refractivity contribution >= 4 is 16.7 Å². The molecule has 3 aliphatic rings. The van der Waals surface area contributed by atoms with Crippen LogP contribution in [-0.4, -0.2) is 13.1 Å². The summed E-state index contributed by atoms with van der Waals surface area (Å²) in [7, 11) is 0. The molecular weight excluding hydrogens is 420 g/mol. The van der Waals surface area contributed by atoms with E-state index in [1.165, 1.54) is 24.9 Å². The average Bonchev–Trinajstić information content (AvgIpc) is 2.88. The maximum atomic E-state index is 8.11. The molecule has 3 aromatic carbocycles. The first-order valence-corrected chi connectivity index (χ1v) is 11.9. The molecule has 4 heteroatoms. The normalized spacial score (nSPS) is 13.9. The molecule has 1 saturated heterocycles. The Bertz CT molecular complexity index is 1470. The average molecular weight is 447 g/mol. The fourth-order valence-electron chi connectivity index (χ4n) is 4.85. The van der Waals surface area contributed by atoms with Crippen molar-refractivity contribution in [3.8, 4) is 33.9 Å². The van der Waals surface area contributed by atoms with Crippen LogP contribution in [0.3, 0.4) is 0 Å². The molecule has 6 rings (SSSR count). The Morgan fingerprint density at radius 2 is 1.50 bits per heavy atom. The van der Waals surface area contributed by atoms with Crippen LogP contribution >= 0.6 is 0 Å². The highest BCUT2D eigenvalue weighted by molar-refractivity contribution is 6.02. The predicted octanol–water partition coefficient (Wildman–Crippen LogP) is 7.47. The van der Waals surface area contributed by atoms with E-state index in [2.05, 4.69) is 35.2 Å². The highest BCUT2D eigenvalue weighted by Crippen LogP contribution is 2.41. The van der Waals surface area contributed by atoms with Gasteiger partial charge in [0.15, 0.2) is 0 Å². The van der Waals surface area contributed by atoms with Crippen LogP contribution < -0.4 is 15.0 Å². The molecule has 1 fully saturated rings. The van der Waals surface area contributed by atoms with Crippen molar-refractivity contribution in [2.45, 2.75) is 19.3 Å². The lowest BCUT2D eigenvalue weighted by atomic mass is 9.93. The van der Waals surface area contributed by atoms with Crippen molar-refractivity contribution in [1.29, 1.82) is 5.41 Å². The molecule has 3 aromatic rings. The number of nitrogens with one attached hydrogen (secondary N) is 1. The quantitative estimate of drug-likeness (QED) is 0.291. The van der Waals surface area contributed by atoms with Crippen LogP contribution in [0.25, 0.3) is 33.4 Å². The standard InChI is InChI=1S/C30H26N2O2/c31-22-11-15-26-28(19-22)34-29-20-23(32-17-5-2-6-18-32)12-16-27(29)30(26)21-9-13-25(14-10-21)33-24-7-3-1-4-8-24/h1,3-4,7-16,19-20,31H,2,5-6,17-18H2. The number of hydrogen-bond donors (Lipinski definition) is 1. The molecule has 34 heavy (non-hydrogen) atoms. The van der Waals surface area contributed by atoms with Gasteiger partial charge in [0.1, 0.15) is 22.8 Å². The minimum atomic E-state index is 0.445. The van der Waals surface area contributed by atoms with Gasteiger partial charge in [-0.15, -0.1) is 0 Å². The third-order valence-electron chi connectivity index (χ3n) is 6.55. The number of hydrogen-bond acceptors (Lipinski definition) is 4. The van der Waals surface area contributed by atoms with E-state index in [1.807, 2.05) is 54.6 Å². The van der Waals surface area contributed by atoms with E-state index < -0.39 is 0 Å². The summed E-state index contributed by atoms with van der Waals surface area (Å²) < 4.78 is 12.3. The molecule has 1 aliphatic carbocycles. The number of rotatable bonds is 4. The zero-order valence-corrected chi connectivity index (χ0v) is 19.0. The third-order valence-corrected chi connectivity index (χ3v) is 6.55. The fraction of sp³-hybridized carbons (Fsp3) is 0.167. The summed E-state index contributed by atoms with van der Waals surface area (Å²) in [5.74, 6) is 2.35. The molecule has 0 radical (unpaired) electrons. The number of benzene rings is 4. The molecule has 0 unspecified atom stereocenters. The fourth-order valence-corrected chi connectivity index (χ4v) is 4.85. The van der Waals surface area contributed by atoms with Crippen molar-refractivity contribution in [3.05, 3.63) is 96.4 Å². The second-order valence-corrected chi connectivity index (χ2v) is 8.86. The Morgan fingerprint density at radius 3 is 2.29 bits per heavy atom. The number of nitrogens with zero attached hydrogens (tertiary/aromatic N) is 1. The molecule has 0 spiro atoms. The monoisotopic (exact) mass is 446 g/mol. The summed E-state index contributed by atoms with van der Waals surface area (Å²) in [6, 6.07) is 30.2. The molecule has 0 atom stereocenters. The maximum absolute atomic E-state index is 8.11. The second-order valence-electron chi connectivity index (χ2n) is 8.86. The molecule has 2 heterocycles. The second kappa shape index (κ2) is 8.71. The topological polar surface area (TPSA) is 49.5 Å². The first-order chi connectivity index (χ1) is 16.7. The van der Waals surface area contributed by atoms with E-state index >= 15 is 0 Å². The van der Waals surface area contributed by atoms with Gasteiger partial charge in [-0.2, -0.15) is 0 Å². The number of anilines is 1. The van der Waals surface area contributed by atoms with Gasteiger partial charge in [0.05, 0.1) is 5.36 Å². The van der Waals surface area contributed by atoms with Crippen molar-refractivity contribution in [2.75, 3.05) is 18.0 Å². The van der Waals surface area contributed by atoms with Crippen LogP contribution in [0.15, 0.2) is 95.4 Å². The van der Waals surface area contributed by atoms with Gasteiger partial charge in [-0.05, 0) is 73.4 Å². The van der Waals surface area contributed by atoms with Gasteiger partial charge >= 0.3 is 0 Å². The Hall–Kier alpha value is -4.05. The lowest BCUT2D eigenvalue weighted by molar-refractivity contribution is 0.483. The molecule has 0 bridgehead atoms. The van der Waals surface area contributed by atoms with Gasteiger partial charge in [0, 0.05) is 47.4 Å². The molecule has 4 nitrogen and oxygen atoms in total. The summed E-state index contributed by atoms with van der Waals surface area (Å²) in [5.41, 5.74) is 5.27. The van der Waals surface area contributed by atoms with Gasteiger partial charge in [-0.1, -0.05) is 30.3 Å². The van der Waals surface area contributed by atoms with Gasteiger partial charge in [-0.3, -0.25) is 0 Å². The largest absolute Gasteiger partial charge is 0.457 e. The molecule has 0 aromatic heterocycles. The lowest BCUT2D eigenvalue weighted by Crippen LogP contribution is -2.29. The maximum Gasteiger partial charge on any atom is 0.137 e. The SMILES string of the molecule is N=c1ccc2c(-c3ccc(Oc4ccccc4)cc3)c3ccc(N4CCCCC4)cc3oc-2c1. The van der Waals surface area contributed by atoms with Crippen LogP contribution in [0.2, 0.25) is 0 Å². The molecule has 2 aliphatic heterocycles. The number of fused-ring (bicyclic) bond motifs is 2. The lowest BCUT2D eigenvalue weighted by Gasteiger charge is -2.29. The Labute approximate surface area is 198 Å². The van der Waals surface area contributed by atoms with Gasteiger partial charge < -0.3 is 19.5 Å². The molecule has 0 saturated carbocycles. The summed E-state index contributed by atoms with van der Waals surface area (Å²) >= 11 is 0. The van der Waals surface area contributed by atoms with Crippen molar-refractivity contribution < 1.29 is 9.15 Å². The van der Waals surface area contributed by atoms with Crippen LogP contribution in [0.5, 0.6) is 11.5 Å². The minimum absolute atomic E-state index is 0.445. The predicted molar refractivity (Wildman–Crippen MR) is 137 cm³/mol. The van der Waals surface area contributed by atoms with Crippen molar-refractivity contribution in [2.24, 2.45) is 0 Å².